The lowest BCUT2D eigenvalue weighted by Crippen LogP contribution is -1.96. The standard InChI is InChI=1S/C12H20/c1-4-10-5-8(2)6-11-7-12(11)9(10)3/h8,11-12H,4-7H2,1-3H3. The van der Waals surface area contributed by atoms with Gasteiger partial charge in [-0.05, 0) is 50.4 Å². The molecule has 0 aromatic carbocycles. The van der Waals surface area contributed by atoms with E-state index >= 15 is 0 Å². The molecule has 0 heteroatoms. The van der Waals surface area contributed by atoms with Gasteiger partial charge >= 0.3 is 0 Å². The van der Waals surface area contributed by atoms with Crippen LogP contribution in [0.15, 0.2) is 11.1 Å². The molecule has 0 aromatic rings. The van der Waals surface area contributed by atoms with E-state index in [0.717, 1.165) is 17.8 Å². The highest BCUT2D eigenvalue weighted by molar-refractivity contribution is 5.23. The van der Waals surface area contributed by atoms with E-state index in [9.17, 15) is 0 Å². The Morgan fingerprint density at radius 1 is 1.33 bits per heavy atom. The van der Waals surface area contributed by atoms with Crippen molar-refractivity contribution in [1.82, 2.24) is 0 Å². The highest BCUT2D eigenvalue weighted by Crippen LogP contribution is 2.52. The number of hydrogen-bond acceptors (Lipinski definition) is 0. The summed E-state index contributed by atoms with van der Waals surface area (Å²) in [5, 5.41) is 0. The van der Waals surface area contributed by atoms with Crippen molar-refractivity contribution in [2.45, 2.75) is 46.5 Å². The summed E-state index contributed by atoms with van der Waals surface area (Å²) < 4.78 is 0. The maximum Gasteiger partial charge on any atom is -0.0172 e. The molecule has 0 aliphatic heterocycles. The van der Waals surface area contributed by atoms with E-state index in [2.05, 4.69) is 20.8 Å². The highest BCUT2D eigenvalue weighted by Gasteiger charge is 2.41. The van der Waals surface area contributed by atoms with Crippen molar-refractivity contribution < 1.29 is 0 Å². The van der Waals surface area contributed by atoms with Gasteiger partial charge in [-0.3, -0.25) is 0 Å². The molecular formula is C12H20. The fraction of sp³-hybridized carbons (Fsp3) is 0.833. The molecule has 0 radical (unpaired) electrons. The molecule has 3 unspecified atom stereocenters. The van der Waals surface area contributed by atoms with Crippen LogP contribution in [0.5, 0.6) is 0 Å². The summed E-state index contributed by atoms with van der Waals surface area (Å²) in [6.07, 6.45) is 5.67. The number of allylic oxidation sites excluding steroid dienone is 2. The van der Waals surface area contributed by atoms with Gasteiger partial charge in [0.2, 0.25) is 0 Å². The van der Waals surface area contributed by atoms with Crippen LogP contribution in [0.3, 0.4) is 0 Å². The Hall–Kier alpha value is -0.260. The summed E-state index contributed by atoms with van der Waals surface area (Å²) in [6, 6.07) is 0. The number of rotatable bonds is 1. The van der Waals surface area contributed by atoms with Crippen molar-refractivity contribution in [3.63, 3.8) is 0 Å². The quantitative estimate of drug-likeness (QED) is 0.517. The fourth-order valence-corrected chi connectivity index (χ4v) is 2.91. The first-order valence-electron chi connectivity index (χ1n) is 5.40. The Morgan fingerprint density at radius 3 is 2.75 bits per heavy atom. The lowest BCUT2D eigenvalue weighted by atomic mass is 9.95. The summed E-state index contributed by atoms with van der Waals surface area (Å²) in [6.45, 7) is 7.11. The second-order valence-corrected chi connectivity index (χ2v) is 4.79. The third kappa shape index (κ3) is 1.32. The van der Waals surface area contributed by atoms with Crippen LogP contribution in [0.25, 0.3) is 0 Å². The number of hydrogen-bond donors (Lipinski definition) is 0. The smallest absolute Gasteiger partial charge is 0.0172 e. The van der Waals surface area contributed by atoms with Crippen LogP contribution in [-0.4, -0.2) is 0 Å². The molecule has 0 saturated heterocycles. The molecule has 1 saturated carbocycles. The second-order valence-electron chi connectivity index (χ2n) is 4.79. The average Bonchev–Trinajstić information content (AvgIpc) is 2.77. The topological polar surface area (TPSA) is 0 Å². The maximum atomic E-state index is 2.42. The van der Waals surface area contributed by atoms with Gasteiger partial charge in [0.15, 0.2) is 0 Å². The van der Waals surface area contributed by atoms with Gasteiger partial charge in [0.1, 0.15) is 0 Å². The Morgan fingerprint density at radius 2 is 2.08 bits per heavy atom. The lowest BCUT2D eigenvalue weighted by molar-refractivity contribution is 0.491. The molecule has 0 amide bonds. The molecule has 12 heavy (non-hydrogen) atoms. The molecule has 1 fully saturated rings. The Kier molecular flexibility index (Phi) is 2.02. The first-order valence-corrected chi connectivity index (χ1v) is 5.40. The Balaban J connectivity index is 2.19. The van der Waals surface area contributed by atoms with Gasteiger partial charge in [-0.25, -0.2) is 0 Å². The van der Waals surface area contributed by atoms with Crippen LogP contribution in [0.2, 0.25) is 0 Å². The van der Waals surface area contributed by atoms with E-state index < -0.39 is 0 Å². The minimum Gasteiger partial charge on any atom is -0.0710 e. The van der Waals surface area contributed by atoms with Crippen LogP contribution in [0, 0.1) is 17.8 Å². The first-order chi connectivity index (χ1) is 5.72. The molecule has 0 nitrogen and oxygen atoms in total. The zero-order valence-electron chi connectivity index (χ0n) is 8.56. The van der Waals surface area contributed by atoms with Gasteiger partial charge in [0, 0.05) is 0 Å². The van der Waals surface area contributed by atoms with Gasteiger partial charge in [-0.1, -0.05) is 25.0 Å². The maximum absolute atomic E-state index is 2.42. The summed E-state index contributed by atoms with van der Waals surface area (Å²) in [4.78, 5) is 0. The predicted molar refractivity (Wildman–Crippen MR) is 53.0 cm³/mol. The van der Waals surface area contributed by atoms with Gasteiger partial charge in [0.05, 0.1) is 0 Å². The molecule has 2 rings (SSSR count). The van der Waals surface area contributed by atoms with Gasteiger partial charge in [0.25, 0.3) is 0 Å². The van der Waals surface area contributed by atoms with Gasteiger partial charge in [-0.2, -0.15) is 0 Å². The van der Waals surface area contributed by atoms with Crippen molar-refractivity contribution in [2.24, 2.45) is 17.8 Å². The molecule has 2 aliphatic rings. The summed E-state index contributed by atoms with van der Waals surface area (Å²) in [5.41, 5.74) is 3.53. The minimum absolute atomic E-state index is 0.951. The zero-order chi connectivity index (χ0) is 8.72. The molecule has 0 N–H and O–H groups in total. The van der Waals surface area contributed by atoms with E-state index in [-0.39, 0.29) is 0 Å². The predicted octanol–water partition coefficient (Wildman–Crippen LogP) is 3.78. The number of fused-ring (bicyclic) bond motifs is 1. The molecular weight excluding hydrogens is 144 g/mol. The van der Waals surface area contributed by atoms with E-state index in [1.54, 1.807) is 11.1 Å². The molecule has 2 aliphatic carbocycles. The highest BCUT2D eigenvalue weighted by atomic mass is 14.5. The van der Waals surface area contributed by atoms with E-state index in [1.165, 1.54) is 25.7 Å². The summed E-state index contributed by atoms with van der Waals surface area (Å²) in [7, 11) is 0. The van der Waals surface area contributed by atoms with Gasteiger partial charge < -0.3 is 0 Å². The summed E-state index contributed by atoms with van der Waals surface area (Å²) >= 11 is 0. The van der Waals surface area contributed by atoms with E-state index in [4.69, 9.17) is 0 Å². The van der Waals surface area contributed by atoms with Crippen molar-refractivity contribution in [2.75, 3.05) is 0 Å². The first kappa shape index (κ1) is 8.34. The molecule has 68 valence electrons. The molecule has 0 spiro atoms. The third-order valence-corrected chi connectivity index (χ3v) is 3.76. The van der Waals surface area contributed by atoms with E-state index in [1.807, 2.05) is 0 Å². The van der Waals surface area contributed by atoms with Crippen LogP contribution in [0.4, 0.5) is 0 Å². The van der Waals surface area contributed by atoms with Crippen molar-refractivity contribution in [3.05, 3.63) is 11.1 Å². The SMILES string of the molecule is CCC1=C(C)C2CC2CC(C)C1. The Bertz CT molecular complexity index is 212. The fourth-order valence-electron chi connectivity index (χ4n) is 2.91. The van der Waals surface area contributed by atoms with Crippen LogP contribution in [-0.2, 0) is 0 Å². The van der Waals surface area contributed by atoms with Crippen molar-refractivity contribution in [1.29, 1.82) is 0 Å². The Labute approximate surface area is 76.1 Å². The van der Waals surface area contributed by atoms with Crippen molar-refractivity contribution >= 4 is 0 Å². The van der Waals surface area contributed by atoms with Crippen LogP contribution < -0.4 is 0 Å². The van der Waals surface area contributed by atoms with Gasteiger partial charge in [-0.15, -0.1) is 0 Å². The second kappa shape index (κ2) is 2.90. The van der Waals surface area contributed by atoms with Crippen LogP contribution in [0.1, 0.15) is 46.5 Å². The largest absolute Gasteiger partial charge is 0.0710 e. The summed E-state index contributed by atoms with van der Waals surface area (Å²) in [5.74, 6) is 3.03. The zero-order valence-corrected chi connectivity index (χ0v) is 8.56. The van der Waals surface area contributed by atoms with Crippen LogP contribution >= 0.6 is 0 Å². The lowest BCUT2D eigenvalue weighted by Gasteiger charge is -2.11. The molecule has 0 bridgehead atoms. The monoisotopic (exact) mass is 164 g/mol. The molecule has 0 aromatic heterocycles. The minimum atomic E-state index is 0.951. The third-order valence-electron chi connectivity index (χ3n) is 3.76. The molecule has 0 heterocycles. The van der Waals surface area contributed by atoms with Crippen molar-refractivity contribution in [3.8, 4) is 0 Å². The molecule has 3 atom stereocenters. The normalized spacial score (nSPS) is 40.8. The van der Waals surface area contributed by atoms with E-state index in [0.29, 0.717) is 0 Å². The average molecular weight is 164 g/mol.